The smallest absolute Gasteiger partial charge is 0.256 e. The van der Waals surface area contributed by atoms with E-state index in [1.54, 1.807) is 4.90 Å². The first-order valence-corrected chi connectivity index (χ1v) is 7.46. The van der Waals surface area contributed by atoms with Gasteiger partial charge in [0.1, 0.15) is 5.82 Å². The number of methoxy groups -OCH3 is 2. The third-order valence-corrected chi connectivity index (χ3v) is 4.10. The lowest BCUT2D eigenvalue weighted by molar-refractivity contribution is 0.0685. The van der Waals surface area contributed by atoms with Gasteiger partial charge in [0.2, 0.25) is 0 Å². The number of hydrogen-bond acceptors (Lipinski definition) is 4. The Morgan fingerprint density at radius 2 is 1.86 bits per heavy atom. The van der Waals surface area contributed by atoms with Crippen LogP contribution in [0.15, 0.2) is 12.1 Å². The quantitative estimate of drug-likeness (QED) is 0.903. The molecule has 1 aromatic rings. The largest absolute Gasteiger partial charge is 0.493 e. The fraction of sp³-hybridized carbons (Fsp3) is 0.562. The number of amides is 1. The Morgan fingerprint density at radius 3 is 2.41 bits per heavy atom. The number of hydrogen-bond donors (Lipinski definition) is 1. The number of halogens is 1. The number of carbonyl (C=O) groups excluding carboxylic acids is 1. The summed E-state index contributed by atoms with van der Waals surface area (Å²) in [6.07, 6.45) is 1.86. The van der Waals surface area contributed by atoms with Crippen LogP contribution in [0.25, 0.3) is 0 Å². The van der Waals surface area contributed by atoms with E-state index in [1.807, 2.05) is 7.05 Å². The Hall–Kier alpha value is -1.82. The normalized spacial score (nSPS) is 15.7. The van der Waals surface area contributed by atoms with Gasteiger partial charge in [-0.1, -0.05) is 0 Å². The molecule has 0 spiro atoms. The number of rotatable bonds is 5. The van der Waals surface area contributed by atoms with Crippen molar-refractivity contribution in [3.05, 3.63) is 23.5 Å². The molecule has 0 aliphatic carbocycles. The lowest BCUT2D eigenvalue weighted by Crippen LogP contribution is -2.40. The highest BCUT2D eigenvalue weighted by Gasteiger charge is 2.26. The molecule has 0 saturated carbocycles. The molecule has 22 heavy (non-hydrogen) atoms. The van der Waals surface area contributed by atoms with Crippen molar-refractivity contribution in [2.75, 3.05) is 40.9 Å². The zero-order chi connectivity index (χ0) is 16.1. The van der Waals surface area contributed by atoms with Crippen LogP contribution in [0.2, 0.25) is 0 Å². The van der Waals surface area contributed by atoms with Crippen molar-refractivity contribution in [3.8, 4) is 11.5 Å². The van der Waals surface area contributed by atoms with Crippen molar-refractivity contribution < 1.29 is 18.7 Å². The number of likely N-dealkylation sites (tertiary alicyclic amines) is 1. The molecule has 1 heterocycles. The second-order valence-electron chi connectivity index (χ2n) is 5.48. The summed E-state index contributed by atoms with van der Waals surface area (Å²) < 4.78 is 24.4. The van der Waals surface area contributed by atoms with Crippen molar-refractivity contribution in [1.29, 1.82) is 0 Å². The summed E-state index contributed by atoms with van der Waals surface area (Å²) in [6, 6.07) is 2.61. The predicted molar refractivity (Wildman–Crippen MR) is 82.1 cm³/mol. The summed E-state index contributed by atoms with van der Waals surface area (Å²) in [6.45, 7) is 2.25. The number of piperidine rings is 1. The van der Waals surface area contributed by atoms with Gasteiger partial charge in [0.05, 0.1) is 19.8 Å². The molecule has 5 nitrogen and oxygen atoms in total. The Bertz CT molecular complexity index is 528. The van der Waals surface area contributed by atoms with Crippen LogP contribution in [0.1, 0.15) is 23.2 Å². The van der Waals surface area contributed by atoms with Crippen LogP contribution in [0.3, 0.4) is 0 Å². The van der Waals surface area contributed by atoms with Crippen molar-refractivity contribution in [1.82, 2.24) is 10.2 Å². The minimum Gasteiger partial charge on any atom is -0.493 e. The van der Waals surface area contributed by atoms with Crippen LogP contribution in [0, 0.1) is 11.7 Å². The SMILES string of the molecule is CNCC1CCN(C(=O)c2cc(OC)c(OC)cc2F)CC1. The van der Waals surface area contributed by atoms with Crippen LogP contribution in [0.4, 0.5) is 4.39 Å². The molecule has 1 fully saturated rings. The molecule has 1 aliphatic heterocycles. The van der Waals surface area contributed by atoms with E-state index in [4.69, 9.17) is 9.47 Å². The summed E-state index contributed by atoms with van der Waals surface area (Å²) in [5.74, 6) is 0.340. The topological polar surface area (TPSA) is 50.8 Å². The van der Waals surface area contributed by atoms with Crippen molar-refractivity contribution in [2.45, 2.75) is 12.8 Å². The monoisotopic (exact) mass is 310 g/mol. The third-order valence-electron chi connectivity index (χ3n) is 4.10. The second-order valence-corrected chi connectivity index (χ2v) is 5.48. The minimum atomic E-state index is -0.583. The molecule has 122 valence electrons. The van der Waals surface area contributed by atoms with E-state index in [0.29, 0.717) is 24.8 Å². The average molecular weight is 310 g/mol. The first-order chi connectivity index (χ1) is 10.6. The maximum Gasteiger partial charge on any atom is 0.256 e. The van der Waals surface area contributed by atoms with Crippen LogP contribution >= 0.6 is 0 Å². The molecule has 6 heteroatoms. The number of nitrogens with one attached hydrogen (secondary N) is 1. The highest BCUT2D eigenvalue weighted by molar-refractivity contribution is 5.95. The van der Waals surface area contributed by atoms with Crippen LogP contribution in [-0.2, 0) is 0 Å². The van der Waals surface area contributed by atoms with E-state index < -0.39 is 5.82 Å². The summed E-state index contributed by atoms with van der Waals surface area (Å²) in [5, 5.41) is 3.16. The number of carbonyl (C=O) groups is 1. The molecule has 0 aromatic heterocycles. The van der Waals surface area contributed by atoms with E-state index >= 15 is 0 Å². The first kappa shape index (κ1) is 16.5. The van der Waals surface area contributed by atoms with Gasteiger partial charge in [0.25, 0.3) is 5.91 Å². The second kappa shape index (κ2) is 7.45. The Morgan fingerprint density at radius 1 is 1.27 bits per heavy atom. The number of benzene rings is 1. The van der Waals surface area contributed by atoms with E-state index in [2.05, 4.69) is 5.32 Å². The van der Waals surface area contributed by atoms with Gasteiger partial charge in [-0.25, -0.2) is 4.39 Å². The zero-order valence-corrected chi connectivity index (χ0v) is 13.3. The highest BCUT2D eigenvalue weighted by Crippen LogP contribution is 2.31. The predicted octanol–water partition coefficient (Wildman–Crippen LogP) is 1.91. The Kier molecular flexibility index (Phi) is 5.60. The van der Waals surface area contributed by atoms with Crippen LogP contribution in [-0.4, -0.2) is 51.7 Å². The fourth-order valence-corrected chi connectivity index (χ4v) is 2.82. The minimum absolute atomic E-state index is 0.0321. The van der Waals surface area contributed by atoms with Crippen molar-refractivity contribution >= 4 is 5.91 Å². The van der Waals surface area contributed by atoms with Crippen molar-refractivity contribution in [3.63, 3.8) is 0 Å². The van der Waals surface area contributed by atoms with Gasteiger partial charge in [-0.15, -0.1) is 0 Å². The molecular weight excluding hydrogens is 287 g/mol. The van der Waals surface area contributed by atoms with Crippen molar-refractivity contribution in [2.24, 2.45) is 5.92 Å². The molecule has 1 amide bonds. The summed E-state index contributed by atoms with van der Waals surface area (Å²) in [7, 11) is 4.83. The molecule has 0 radical (unpaired) electrons. The molecule has 0 atom stereocenters. The zero-order valence-electron chi connectivity index (χ0n) is 13.3. The lowest BCUT2D eigenvalue weighted by Gasteiger charge is -2.32. The fourth-order valence-electron chi connectivity index (χ4n) is 2.82. The van der Waals surface area contributed by atoms with Gasteiger partial charge in [-0.3, -0.25) is 4.79 Å². The van der Waals surface area contributed by atoms with Crippen LogP contribution in [0.5, 0.6) is 11.5 Å². The first-order valence-electron chi connectivity index (χ1n) is 7.46. The summed E-state index contributed by atoms with van der Waals surface area (Å²) >= 11 is 0. The highest BCUT2D eigenvalue weighted by atomic mass is 19.1. The van der Waals surface area contributed by atoms with E-state index in [1.165, 1.54) is 26.4 Å². The molecule has 1 saturated heterocycles. The maximum atomic E-state index is 14.2. The lowest BCUT2D eigenvalue weighted by atomic mass is 9.96. The van der Waals surface area contributed by atoms with Crippen LogP contribution < -0.4 is 14.8 Å². The Balaban J connectivity index is 2.13. The van der Waals surface area contributed by atoms with Gasteiger partial charge in [-0.2, -0.15) is 0 Å². The molecule has 1 aromatic carbocycles. The van der Waals surface area contributed by atoms with Gasteiger partial charge < -0.3 is 19.7 Å². The molecule has 1 aliphatic rings. The van der Waals surface area contributed by atoms with Gasteiger partial charge >= 0.3 is 0 Å². The Labute approximate surface area is 130 Å². The molecule has 2 rings (SSSR count). The molecule has 0 bridgehead atoms. The average Bonchev–Trinajstić information content (AvgIpc) is 2.55. The van der Waals surface area contributed by atoms with E-state index in [9.17, 15) is 9.18 Å². The molecular formula is C16H23FN2O3. The summed E-state index contributed by atoms with van der Waals surface area (Å²) in [5.41, 5.74) is 0.0321. The standard InChI is InChI=1S/C16H23FN2O3/c1-18-10-11-4-6-19(7-5-11)16(20)12-8-14(21-2)15(22-3)9-13(12)17/h8-9,11,18H,4-7,10H2,1-3H3. The third kappa shape index (κ3) is 3.50. The summed E-state index contributed by atoms with van der Waals surface area (Å²) in [4.78, 5) is 14.2. The molecule has 1 N–H and O–H groups in total. The number of ether oxygens (including phenoxy) is 2. The van der Waals surface area contributed by atoms with E-state index in [-0.39, 0.29) is 17.2 Å². The molecule has 0 unspecified atom stereocenters. The van der Waals surface area contributed by atoms with Gasteiger partial charge in [0, 0.05) is 19.2 Å². The van der Waals surface area contributed by atoms with Gasteiger partial charge in [-0.05, 0) is 38.4 Å². The number of nitrogens with zero attached hydrogens (tertiary/aromatic N) is 1. The van der Waals surface area contributed by atoms with Gasteiger partial charge in [0.15, 0.2) is 11.5 Å². The van der Waals surface area contributed by atoms with E-state index in [0.717, 1.165) is 19.4 Å². The maximum absolute atomic E-state index is 14.2.